The molecule has 16 heavy (non-hydrogen) atoms. The monoisotopic (exact) mass is 219 g/mol. The zero-order valence-corrected chi connectivity index (χ0v) is 9.10. The summed E-state index contributed by atoms with van der Waals surface area (Å²) in [5, 5.41) is 10.6. The third-order valence-corrected chi connectivity index (χ3v) is 2.87. The summed E-state index contributed by atoms with van der Waals surface area (Å²) < 4.78 is 0. The van der Waals surface area contributed by atoms with E-state index >= 15 is 0 Å². The number of benzene rings is 1. The Labute approximate surface area is 93.4 Å². The van der Waals surface area contributed by atoms with Crippen LogP contribution in [0.5, 0.6) is 0 Å². The number of Topliss-reactive ketones (excluding diaryl/α,β-unsaturated/α-hetero) is 1. The Balaban J connectivity index is 2.14. The van der Waals surface area contributed by atoms with Crippen molar-refractivity contribution in [3.05, 3.63) is 39.4 Å². The van der Waals surface area contributed by atoms with E-state index in [1.807, 2.05) is 0 Å². The van der Waals surface area contributed by atoms with Crippen LogP contribution in [0.25, 0.3) is 0 Å². The van der Waals surface area contributed by atoms with E-state index in [0.717, 1.165) is 18.4 Å². The van der Waals surface area contributed by atoms with Crippen LogP contribution in [0.15, 0.2) is 18.2 Å². The summed E-state index contributed by atoms with van der Waals surface area (Å²) in [5.41, 5.74) is 1.61. The lowest BCUT2D eigenvalue weighted by atomic mass is 10.0. The Morgan fingerprint density at radius 3 is 2.69 bits per heavy atom. The summed E-state index contributed by atoms with van der Waals surface area (Å²) in [4.78, 5) is 21.8. The Kier molecular flexibility index (Phi) is 2.73. The fourth-order valence-corrected chi connectivity index (χ4v) is 1.78. The first-order valence-electron chi connectivity index (χ1n) is 5.34. The van der Waals surface area contributed by atoms with Crippen molar-refractivity contribution >= 4 is 11.5 Å². The van der Waals surface area contributed by atoms with Gasteiger partial charge in [0.2, 0.25) is 0 Å². The zero-order chi connectivity index (χ0) is 11.7. The van der Waals surface area contributed by atoms with Crippen LogP contribution >= 0.6 is 0 Å². The van der Waals surface area contributed by atoms with Crippen molar-refractivity contribution < 1.29 is 9.72 Å². The van der Waals surface area contributed by atoms with Gasteiger partial charge in [-0.2, -0.15) is 0 Å². The fraction of sp³-hybridized carbons (Fsp3) is 0.417. The molecule has 0 bridgehead atoms. The molecule has 0 amide bonds. The van der Waals surface area contributed by atoms with Crippen LogP contribution in [0.4, 0.5) is 5.69 Å². The summed E-state index contributed by atoms with van der Waals surface area (Å²) in [6.45, 7) is 1.70. The molecule has 84 valence electrons. The summed E-state index contributed by atoms with van der Waals surface area (Å²) in [7, 11) is 0. The predicted octanol–water partition coefficient (Wildman–Crippen LogP) is 2.42. The highest BCUT2D eigenvalue weighted by atomic mass is 16.6. The SMILES string of the molecule is Cc1cc(CC(=O)C2CC2)ccc1[N+](=O)[O-]. The molecule has 1 aliphatic rings. The molecule has 1 aromatic rings. The molecule has 0 saturated heterocycles. The number of nitrogens with zero attached hydrogens (tertiary/aromatic N) is 1. The number of nitro benzene ring substituents is 1. The first-order valence-corrected chi connectivity index (χ1v) is 5.34. The second kappa shape index (κ2) is 4.04. The summed E-state index contributed by atoms with van der Waals surface area (Å²) in [6.07, 6.45) is 2.42. The van der Waals surface area contributed by atoms with Gasteiger partial charge in [-0.3, -0.25) is 14.9 Å². The van der Waals surface area contributed by atoms with Gasteiger partial charge in [0.05, 0.1) is 4.92 Å². The number of carbonyl (C=O) groups excluding carboxylic acids is 1. The van der Waals surface area contributed by atoms with Crippen molar-refractivity contribution in [1.29, 1.82) is 0 Å². The van der Waals surface area contributed by atoms with Gasteiger partial charge in [-0.05, 0) is 31.4 Å². The minimum atomic E-state index is -0.401. The van der Waals surface area contributed by atoms with Crippen LogP contribution in [-0.2, 0) is 11.2 Å². The largest absolute Gasteiger partial charge is 0.299 e. The van der Waals surface area contributed by atoms with E-state index in [2.05, 4.69) is 0 Å². The number of rotatable bonds is 4. The van der Waals surface area contributed by atoms with Crippen molar-refractivity contribution in [1.82, 2.24) is 0 Å². The molecule has 0 radical (unpaired) electrons. The minimum absolute atomic E-state index is 0.114. The van der Waals surface area contributed by atoms with E-state index in [1.54, 1.807) is 19.1 Å². The Morgan fingerprint density at radius 2 is 2.19 bits per heavy atom. The molecule has 0 spiro atoms. The molecule has 0 aliphatic heterocycles. The van der Waals surface area contributed by atoms with Gasteiger partial charge in [0.25, 0.3) is 5.69 Å². The highest BCUT2D eigenvalue weighted by Crippen LogP contribution is 2.31. The second-order valence-corrected chi connectivity index (χ2v) is 4.30. The summed E-state index contributed by atoms with van der Waals surface area (Å²) in [5.74, 6) is 0.503. The highest BCUT2D eigenvalue weighted by Gasteiger charge is 2.29. The first-order chi connectivity index (χ1) is 7.58. The summed E-state index contributed by atoms with van der Waals surface area (Å²) in [6, 6.07) is 4.88. The van der Waals surface area contributed by atoms with E-state index in [1.165, 1.54) is 6.07 Å². The smallest absolute Gasteiger partial charge is 0.272 e. The van der Waals surface area contributed by atoms with Gasteiger partial charge in [0.1, 0.15) is 5.78 Å². The maximum Gasteiger partial charge on any atom is 0.272 e. The van der Waals surface area contributed by atoms with E-state index in [-0.39, 0.29) is 17.4 Å². The molecular weight excluding hydrogens is 206 g/mol. The molecule has 1 aliphatic carbocycles. The molecule has 4 heteroatoms. The number of nitro groups is 1. The van der Waals surface area contributed by atoms with E-state index in [9.17, 15) is 14.9 Å². The molecule has 0 N–H and O–H groups in total. The molecule has 1 aromatic carbocycles. The van der Waals surface area contributed by atoms with Crippen molar-refractivity contribution in [3.63, 3.8) is 0 Å². The van der Waals surface area contributed by atoms with E-state index < -0.39 is 4.92 Å². The predicted molar refractivity (Wildman–Crippen MR) is 59.3 cm³/mol. The molecule has 1 fully saturated rings. The summed E-state index contributed by atoms with van der Waals surface area (Å²) >= 11 is 0. The van der Waals surface area contributed by atoms with Gasteiger partial charge in [-0.25, -0.2) is 0 Å². The first kappa shape index (κ1) is 10.8. The van der Waals surface area contributed by atoms with Crippen LogP contribution in [0, 0.1) is 23.0 Å². The average Bonchev–Trinajstić information content (AvgIpc) is 2.99. The molecule has 2 rings (SSSR count). The molecule has 0 unspecified atom stereocenters. The molecule has 0 aromatic heterocycles. The van der Waals surface area contributed by atoms with Crippen LogP contribution in [0.1, 0.15) is 24.0 Å². The normalized spacial score (nSPS) is 14.8. The lowest BCUT2D eigenvalue weighted by Crippen LogP contribution is -2.05. The molecule has 4 nitrogen and oxygen atoms in total. The van der Waals surface area contributed by atoms with Gasteiger partial charge in [0.15, 0.2) is 0 Å². The fourth-order valence-electron chi connectivity index (χ4n) is 1.78. The van der Waals surface area contributed by atoms with Crippen LogP contribution in [0.3, 0.4) is 0 Å². The number of hydrogen-bond acceptors (Lipinski definition) is 3. The zero-order valence-electron chi connectivity index (χ0n) is 9.10. The standard InChI is InChI=1S/C12H13NO3/c1-8-6-9(2-5-11(8)13(15)16)7-12(14)10-3-4-10/h2,5-6,10H,3-4,7H2,1H3. The number of hydrogen-bond donors (Lipinski definition) is 0. The van der Waals surface area contributed by atoms with Gasteiger partial charge in [-0.15, -0.1) is 0 Å². The Morgan fingerprint density at radius 1 is 1.50 bits per heavy atom. The maximum atomic E-state index is 11.6. The van der Waals surface area contributed by atoms with Gasteiger partial charge < -0.3 is 0 Å². The minimum Gasteiger partial charge on any atom is -0.299 e. The van der Waals surface area contributed by atoms with Crippen LogP contribution in [-0.4, -0.2) is 10.7 Å². The average molecular weight is 219 g/mol. The Hall–Kier alpha value is -1.71. The number of ketones is 1. The van der Waals surface area contributed by atoms with Crippen molar-refractivity contribution in [2.45, 2.75) is 26.2 Å². The lowest BCUT2D eigenvalue weighted by molar-refractivity contribution is -0.385. The van der Waals surface area contributed by atoms with Crippen LogP contribution < -0.4 is 0 Å². The van der Waals surface area contributed by atoms with Gasteiger partial charge in [-0.1, -0.05) is 6.07 Å². The highest BCUT2D eigenvalue weighted by molar-refractivity contribution is 5.85. The Bertz CT molecular complexity index is 450. The molecule has 0 atom stereocenters. The molecule has 0 heterocycles. The van der Waals surface area contributed by atoms with Crippen molar-refractivity contribution in [2.75, 3.05) is 0 Å². The quantitative estimate of drug-likeness (QED) is 0.577. The van der Waals surface area contributed by atoms with Crippen LogP contribution in [0.2, 0.25) is 0 Å². The lowest BCUT2D eigenvalue weighted by Gasteiger charge is -2.02. The molecular formula is C12H13NO3. The van der Waals surface area contributed by atoms with Gasteiger partial charge in [0, 0.05) is 24.0 Å². The van der Waals surface area contributed by atoms with E-state index in [0.29, 0.717) is 12.0 Å². The second-order valence-electron chi connectivity index (χ2n) is 4.30. The van der Waals surface area contributed by atoms with E-state index in [4.69, 9.17) is 0 Å². The number of aryl methyl sites for hydroxylation is 1. The topological polar surface area (TPSA) is 60.2 Å². The third kappa shape index (κ3) is 2.27. The third-order valence-electron chi connectivity index (χ3n) is 2.87. The maximum absolute atomic E-state index is 11.6. The van der Waals surface area contributed by atoms with Crippen molar-refractivity contribution in [3.8, 4) is 0 Å². The molecule has 1 saturated carbocycles. The van der Waals surface area contributed by atoms with Gasteiger partial charge >= 0.3 is 0 Å². The number of carbonyl (C=O) groups is 1. The van der Waals surface area contributed by atoms with Crippen molar-refractivity contribution in [2.24, 2.45) is 5.92 Å².